The van der Waals surface area contributed by atoms with Gasteiger partial charge in [0.15, 0.2) is 0 Å². The number of nitrogens with zero attached hydrogens (tertiary/aromatic N) is 3. The SMILES string of the molecule is CCCC(CC)NC1CCN(c2nc3cc(F)ccc3cc2C(N)=NC(C)=O)CC1. The third-order valence-electron chi connectivity index (χ3n) is 5.71. The number of amides is 1. The van der Waals surface area contributed by atoms with E-state index in [9.17, 15) is 9.18 Å². The first-order valence-electron chi connectivity index (χ1n) is 10.9. The largest absolute Gasteiger partial charge is 0.383 e. The number of nitrogens with one attached hydrogen (secondary N) is 1. The van der Waals surface area contributed by atoms with Gasteiger partial charge in [-0.25, -0.2) is 9.37 Å². The average molecular weight is 414 g/mol. The molecule has 1 aliphatic heterocycles. The van der Waals surface area contributed by atoms with Crippen LogP contribution in [0.2, 0.25) is 0 Å². The van der Waals surface area contributed by atoms with Gasteiger partial charge in [-0.2, -0.15) is 4.99 Å². The monoisotopic (exact) mass is 413 g/mol. The highest BCUT2D eigenvalue weighted by Crippen LogP contribution is 2.27. The number of rotatable bonds is 7. The Morgan fingerprint density at radius 1 is 1.33 bits per heavy atom. The van der Waals surface area contributed by atoms with E-state index in [0.717, 1.165) is 37.7 Å². The number of nitrogens with two attached hydrogens (primary N) is 1. The molecule has 2 heterocycles. The Balaban J connectivity index is 1.86. The van der Waals surface area contributed by atoms with Crippen molar-refractivity contribution >= 4 is 28.5 Å². The van der Waals surface area contributed by atoms with Gasteiger partial charge in [0.2, 0.25) is 5.91 Å². The van der Waals surface area contributed by atoms with Gasteiger partial charge in [-0.15, -0.1) is 0 Å². The smallest absolute Gasteiger partial charge is 0.244 e. The molecule has 30 heavy (non-hydrogen) atoms. The summed E-state index contributed by atoms with van der Waals surface area (Å²) in [6, 6.07) is 7.36. The molecular weight excluding hydrogens is 381 g/mol. The van der Waals surface area contributed by atoms with Crippen molar-refractivity contribution in [1.29, 1.82) is 0 Å². The molecule has 1 unspecified atom stereocenters. The topological polar surface area (TPSA) is 83.6 Å². The first-order chi connectivity index (χ1) is 14.4. The van der Waals surface area contributed by atoms with Crippen LogP contribution in [0.5, 0.6) is 0 Å². The van der Waals surface area contributed by atoms with Crippen LogP contribution in [0.15, 0.2) is 29.3 Å². The predicted molar refractivity (Wildman–Crippen MR) is 120 cm³/mol. The third kappa shape index (κ3) is 5.33. The molecule has 3 rings (SSSR count). The summed E-state index contributed by atoms with van der Waals surface area (Å²) < 4.78 is 13.8. The number of anilines is 1. The fraction of sp³-hybridized carbons (Fsp3) is 0.522. The molecule has 0 bridgehead atoms. The van der Waals surface area contributed by atoms with E-state index < -0.39 is 0 Å². The summed E-state index contributed by atoms with van der Waals surface area (Å²) in [6.45, 7) is 7.44. The number of pyridine rings is 1. The number of carbonyl (C=O) groups is 1. The Bertz CT molecular complexity index is 921. The maximum atomic E-state index is 13.8. The van der Waals surface area contributed by atoms with Crippen molar-refractivity contribution in [2.24, 2.45) is 10.7 Å². The molecule has 162 valence electrons. The van der Waals surface area contributed by atoms with Gasteiger partial charge in [-0.05, 0) is 43.9 Å². The maximum absolute atomic E-state index is 13.8. The number of hydrogen-bond acceptors (Lipinski definition) is 4. The summed E-state index contributed by atoms with van der Waals surface area (Å²) >= 11 is 0. The minimum absolute atomic E-state index is 0.144. The van der Waals surface area contributed by atoms with Gasteiger partial charge < -0.3 is 16.0 Å². The molecule has 1 fully saturated rings. The van der Waals surface area contributed by atoms with E-state index in [4.69, 9.17) is 10.7 Å². The number of carbonyl (C=O) groups excluding carboxylic acids is 1. The molecule has 0 aliphatic carbocycles. The molecule has 1 aromatic carbocycles. The quantitative estimate of drug-likeness (QED) is 0.533. The maximum Gasteiger partial charge on any atom is 0.244 e. The van der Waals surface area contributed by atoms with Gasteiger partial charge in [0.25, 0.3) is 0 Å². The Labute approximate surface area is 177 Å². The first kappa shape index (κ1) is 22.2. The summed E-state index contributed by atoms with van der Waals surface area (Å²) in [4.78, 5) is 22.3. The van der Waals surface area contributed by atoms with Crippen LogP contribution in [0.1, 0.15) is 58.4 Å². The van der Waals surface area contributed by atoms with E-state index in [1.807, 2.05) is 6.07 Å². The molecule has 1 aromatic heterocycles. The highest BCUT2D eigenvalue weighted by Gasteiger charge is 2.25. The van der Waals surface area contributed by atoms with Crippen LogP contribution in [0.4, 0.5) is 10.2 Å². The van der Waals surface area contributed by atoms with Crippen molar-refractivity contribution in [1.82, 2.24) is 10.3 Å². The predicted octanol–water partition coefficient (Wildman–Crippen LogP) is 3.76. The molecule has 1 atom stereocenters. The van der Waals surface area contributed by atoms with Gasteiger partial charge in [0, 0.05) is 43.5 Å². The van der Waals surface area contributed by atoms with Gasteiger partial charge in [-0.1, -0.05) is 20.3 Å². The van der Waals surface area contributed by atoms with Crippen LogP contribution in [-0.4, -0.2) is 41.9 Å². The fourth-order valence-electron chi connectivity index (χ4n) is 4.13. The van der Waals surface area contributed by atoms with E-state index in [-0.39, 0.29) is 17.6 Å². The third-order valence-corrected chi connectivity index (χ3v) is 5.71. The molecule has 2 aromatic rings. The minimum atomic E-state index is -0.359. The van der Waals surface area contributed by atoms with E-state index in [1.165, 1.54) is 31.9 Å². The van der Waals surface area contributed by atoms with Gasteiger partial charge in [0.05, 0.1) is 11.1 Å². The Hall–Kier alpha value is -2.54. The standard InChI is InChI=1S/C23H32FN5O/c1-4-6-18(5-2)27-19-9-11-29(12-10-19)23-20(22(25)26-15(3)30)13-16-7-8-17(24)14-21(16)28-23/h7-8,13-14,18-19,27H,4-6,9-12H2,1-3H3,(H2,25,26,30). The second-order valence-electron chi connectivity index (χ2n) is 8.03. The molecule has 6 nitrogen and oxygen atoms in total. The van der Waals surface area contributed by atoms with Gasteiger partial charge in [-0.3, -0.25) is 4.79 Å². The van der Waals surface area contributed by atoms with Crippen LogP contribution in [0, 0.1) is 5.82 Å². The van der Waals surface area contributed by atoms with Crippen LogP contribution in [-0.2, 0) is 4.79 Å². The van der Waals surface area contributed by atoms with Crippen molar-refractivity contribution in [3.05, 3.63) is 35.6 Å². The number of aromatic nitrogens is 1. The highest BCUT2D eigenvalue weighted by atomic mass is 19.1. The zero-order valence-corrected chi connectivity index (χ0v) is 18.1. The van der Waals surface area contributed by atoms with E-state index in [0.29, 0.717) is 29.0 Å². The molecule has 0 radical (unpaired) electrons. The molecule has 0 spiro atoms. The number of hydrogen-bond donors (Lipinski definition) is 2. The molecule has 1 saturated heterocycles. The molecule has 3 N–H and O–H groups in total. The summed E-state index contributed by atoms with van der Waals surface area (Å²) in [7, 11) is 0. The van der Waals surface area contributed by atoms with E-state index in [2.05, 4.69) is 29.1 Å². The Morgan fingerprint density at radius 3 is 2.70 bits per heavy atom. The first-order valence-corrected chi connectivity index (χ1v) is 10.9. The molecule has 1 aliphatic rings. The molecular formula is C23H32FN5O. The summed E-state index contributed by atoms with van der Waals surface area (Å²) in [5, 5.41) is 4.55. The van der Waals surface area contributed by atoms with Crippen molar-refractivity contribution in [3.8, 4) is 0 Å². The fourth-order valence-corrected chi connectivity index (χ4v) is 4.13. The summed E-state index contributed by atoms with van der Waals surface area (Å²) in [5.74, 6) is 0.116. The zero-order valence-electron chi connectivity index (χ0n) is 18.1. The number of halogens is 1. The average Bonchev–Trinajstić information content (AvgIpc) is 2.72. The van der Waals surface area contributed by atoms with E-state index >= 15 is 0 Å². The molecule has 0 saturated carbocycles. The summed E-state index contributed by atoms with van der Waals surface area (Å²) in [5.41, 5.74) is 7.33. The van der Waals surface area contributed by atoms with Crippen LogP contribution in [0.3, 0.4) is 0 Å². The lowest BCUT2D eigenvalue weighted by Gasteiger charge is -2.36. The Kier molecular flexibility index (Phi) is 7.37. The normalized spacial score (nSPS) is 16.8. The van der Waals surface area contributed by atoms with Crippen molar-refractivity contribution < 1.29 is 9.18 Å². The molecule has 7 heteroatoms. The lowest BCUT2D eigenvalue weighted by atomic mass is 10.0. The summed E-state index contributed by atoms with van der Waals surface area (Å²) in [6.07, 6.45) is 5.49. The number of piperidine rings is 1. The van der Waals surface area contributed by atoms with Crippen molar-refractivity contribution in [2.75, 3.05) is 18.0 Å². The number of aliphatic imine (C=N–C) groups is 1. The highest BCUT2D eigenvalue weighted by molar-refractivity contribution is 6.08. The number of benzene rings is 1. The zero-order chi connectivity index (χ0) is 21.7. The van der Waals surface area contributed by atoms with E-state index in [1.54, 1.807) is 6.07 Å². The van der Waals surface area contributed by atoms with Gasteiger partial charge in [0.1, 0.15) is 17.5 Å². The Morgan fingerprint density at radius 2 is 2.07 bits per heavy atom. The second kappa shape index (κ2) is 9.98. The number of amidine groups is 1. The lowest BCUT2D eigenvalue weighted by molar-refractivity contribution is -0.115. The molecule has 1 amide bonds. The minimum Gasteiger partial charge on any atom is -0.383 e. The van der Waals surface area contributed by atoms with Crippen LogP contribution >= 0.6 is 0 Å². The van der Waals surface area contributed by atoms with Crippen molar-refractivity contribution in [3.63, 3.8) is 0 Å². The van der Waals surface area contributed by atoms with Crippen LogP contribution in [0.25, 0.3) is 10.9 Å². The van der Waals surface area contributed by atoms with Crippen molar-refractivity contribution in [2.45, 2.75) is 65.0 Å². The number of fused-ring (bicyclic) bond motifs is 1. The second-order valence-corrected chi connectivity index (χ2v) is 8.03. The lowest BCUT2D eigenvalue weighted by Crippen LogP contribution is -2.46. The van der Waals surface area contributed by atoms with Gasteiger partial charge >= 0.3 is 0 Å². The van der Waals surface area contributed by atoms with Crippen LogP contribution < -0.4 is 16.0 Å².